The fourth-order valence-corrected chi connectivity index (χ4v) is 9.20. The van der Waals surface area contributed by atoms with Crippen molar-refractivity contribution >= 4 is 17.7 Å². The molecule has 0 aliphatic carbocycles. The van der Waals surface area contributed by atoms with Crippen LogP contribution in [0.2, 0.25) is 0 Å². The summed E-state index contributed by atoms with van der Waals surface area (Å²) in [5.41, 5.74) is 0. The van der Waals surface area contributed by atoms with Gasteiger partial charge in [-0.2, -0.15) is 0 Å². The lowest BCUT2D eigenvalue weighted by molar-refractivity contribution is -0.393. The van der Waals surface area contributed by atoms with Gasteiger partial charge in [0.05, 0.1) is 52.3 Å². The number of ether oxygens (including phenoxy) is 10. The first-order valence-electron chi connectivity index (χ1n) is 24.0. The Hall–Kier alpha value is -2.71. The normalized spacial score (nSPS) is 43.8. The number of carbonyl (C=O) groups excluding carboxylic acids is 3. The highest BCUT2D eigenvalue weighted by Crippen LogP contribution is 2.36. The molecule has 5 heterocycles. The second-order valence-corrected chi connectivity index (χ2v) is 18.8. The minimum absolute atomic E-state index is 0.749. The van der Waals surface area contributed by atoms with Crippen LogP contribution in [-0.2, 0) is 61.8 Å². The first-order valence-corrected chi connectivity index (χ1v) is 24.0. The summed E-state index contributed by atoms with van der Waals surface area (Å²) < 4.78 is 58.0. The zero-order valence-electron chi connectivity index (χ0n) is 41.0. The van der Waals surface area contributed by atoms with E-state index in [1.807, 2.05) is 0 Å². The second-order valence-electron chi connectivity index (χ2n) is 18.8. The summed E-state index contributed by atoms with van der Waals surface area (Å²) >= 11 is 0. The minimum atomic E-state index is -2.36. The van der Waals surface area contributed by atoms with Gasteiger partial charge in [0.25, 0.3) is 0 Å². The van der Waals surface area contributed by atoms with E-state index in [1.165, 1.54) is 0 Å². The lowest BCUT2D eigenvalue weighted by Gasteiger charge is -2.50. The summed E-state index contributed by atoms with van der Waals surface area (Å²) in [6.45, 7) is -3.95. The molecule has 0 saturated carbocycles. The Morgan fingerprint density at radius 1 is 0.447 bits per heavy atom. The fourth-order valence-electron chi connectivity index (χ4n) is 9.20. The van der Waals surface area contributed by atoms with Crippen molar-refractivity contribution < 1.29 is 154 Å². The number of aliphatic hydroxyl groups is 18. The molecule has 3 amide bonds. The van der Waals surface area contributed by atoms with Crippen molar-refractivity contribution in [1.29, 1.82) is 0 Å². The van der Waals surface area contributed by atoms with E-state index in [2.05, 4.69) is 16.0 Å². The van der Waals surface area contributed by atoms with Crippen molar-refractivity contribution in [3.63, 3.8) is 0 Å². The van der Waals surface area contributed by atoms with Gasteiger partial charge in [-0.05, 0) is 0 Å². The molecule has 0 aromatic rings. The summed E-state index contributed by atoms with van der Waals surface area (Å²) in [6.07, 6.45) is -51.6. The summed E-state index contributed by atoms with van der Waals surface area (Å²) in [4.78, 5) is 36.6. The van der Waals surface area contributed by atoms with E-state index in [0.29, 0.717) is 0 Å². The number of hydrogen-bond acceptors (Lipinski definition) is 31. The summed E-state index contributed by atoms with van der Waals surface area (Å²) in [7, 11) is 0. The molecule has 0 aromatic carbocycles. The Bertz CT molecular complexity index is 1820. The Balaban J connectivity index is 1.51. The third-order valence-electron chi connectivity index (χ3n) is 13.3. The Kier molecular flexibility index (Phi) is 24.1. The molecule has 0 unspecified atom stereocenters. The first-order chi connectivity index (χ1) is 35.9. The van der Waals surface area contributed by atoms with Gasteiger partial charge in [0.1, 0.15) is 140 Å². The van der Waals surface area contributed by atoms with Gasteiger partial charge in [0.15, 0.2) is 31.5 Å². The summed E-state index contributed by atoms with van der Waals surface area (Å²) in [6, 6.07) is -5.06. The van der Waals surface area contributed by atoms with Crippen LogP contribution in [0.4, 0.5) is 0 Å². The Morgan fingerprint density at radius 3 is 1.45 bits per heavy atom. The highest BCUT2D eigenvalue weighted by atomic mass is 16.8. The SMILES string of the molecule is CC(=O)N[C@H]1[C@H](O[C@@H]([C@H](O)[C@H](CO)NC(C)=O)[C@H](O)CO)O[C@H](CO)[C@@H](O[C@@H]2O[C@H](CO[C@H]3O[C@H](CO)[C@@H](O)[C@H](O)[C@@H]3O)[C@@H](O)[C@H](O[C@H]3O[C@H](CO)[C@@H](O)[C@H](O)[C@@H]3O[C@@H]3O[C@H](CO)[C@@H](O)[C@H](O)[C@H]3NC(C)=O)[C@@H]2O)[C@@H]1O. The zero-order valence-corrected chi connectivity index (χ0v) is 41.0. The van der Waals surface area contributed by atoms with E-state index in [4.69, 9.17) is 47.4 Å². The van der Waals surface area contributed by atoms with Crippen LogP contribution in [0.15, 0.2) is 0 Å². The van der Waals surface area contributed by atoms with Crippen LogP contribution in [0.3, 0.4) is 0 Å². The lowest BCUT2D eigenvalue weighted by Crippen LogP contribution is -2.70. The smallest absolute Gasteiger partial charge is 0.217 e. The van der Waals surface area contributed by atoms with Crippen LogP contribution in [0, 0.1) is 0 Å². The van der Waals surface area contributed by atoms with Crippen molar-refractivity contribution in [1.82, 2.24) is 16.0 Å². The maximum Gasteiger partial charge on any atom is 0.217 e. The van der Waals surface area contributed by atoms with Crippen LogP contribution >= 0.6 is 0 Å². The van der Waals surface area contributed by atoms with Crippen LogP contribution in [-0.4, -0.2) is 334 Å². The van der Waals surface area contributed by atoms with E-state index >= 15 is 0 Å². The van der Waals surface area contributed by atoms with Gasteiger partial charge in [-0.25, -0.2) is 0 Å². The lowest BCUT2D eigenvalue weighted by atomic mass is 9.94. The Labute approximate surface area is 431 Å². The van der Waals surface area contributed by atoms with Crippen LogP contribution in [0.25, 0.3) is 0 Å². The molecule has 34 nitrogen and oxygen atoms in total. The number of rotatable bonds is 23. The van der Waals surface area contributed by atoms with E-state index in [0.717, 1.165) is 20.8 Å². The number of carbonyl (C=O) groups is 3. The van der Waals surface area contributed by atoms with Crippen molar-refractivity contribution in [3.8, 4) is 0 Å². The first kappa shape index (κ1) is 64.1. The molecule has 0 spiro atoms. The van der Waals surface area contributed by atoms with Crippen LogP contribution in [0.5, 0.6) is 0 Å². The van der Waals surface area contributed by atoms with Gasteiger partial charge in [0, 0.05) is 20.8 Å². The molecule has 0 radical (unpaired) electrons. The van der Waals surface area contributed by atoms with Crippen molar-refractivity contribution in [2.45, 2.75) is 199 Å². The predicted octanol–water partition coefficient (Wildman–Crippen LogP) is -14.0. The van der Waals surface area contributed by atoms with Gasteiger partial charge < -0.3 is 155 Å². The van der Waals surface area contributed by atoms with E-state index < -0.39 is 242 Å². The molecule has 5 rings (SSSR count). The minimum Gasteiger partial charge on any atom is -0.394 e. The van der Waals surface area contributed by atoms with Crippen LogP contribution < -0.4 is 16.0 Å². The standard InChI is InChI=1S/C42H73N3O31/c1-11(52)43-14(4-46)23(56)34(15(55)5-47)73-39-22(45-13(3)54)29(62)35(19(9-51)71-39)74-41-33(66)36(27(60)20(72-41)10-67-40-32(65)30(63)25(58)17(7-49)69-40)75-42-37(31(64)26(59)18(8-50)70-42)76-38-21(44-12(2)53)28(61)24(57)16(6-48)68-38/h14-42,46-51,55-66H,4-10H2,1-3H3,(H,43,52)(H,44,53)(H,45,54)/t14-,15+,16+,17+,18+,19+,20+,21+,22+,23+,24+,25+,26+,27+,28+,29+,30-,31-,32-,33-,34+,35+,36-,37-,38-,39-,40-,41-,42+/m0/s1. The molecule has 5 saturated heterocycles. The highest BCUT2D eigenvalue weighted by molar-refractivity contribution is 5.74. The molecule has 76 heavy (non-hydrogen) atoms. The molecule has 442 valence electrons. The number of hydrogen-bond donors (Lipinski definition) is 21. The summed E-state index contributed by atoms with van der Waals surface area (Å²) in [5, 5.41) is 200. The van der Waals surface area contributed by atoms with Crippen LogP contribution in [0.1, 0.15) is 20.8 Å². The molecule has 5 aliphatic rings. The molecular weight excluding hydrogens is 1040 g/mol. The highest BCUT2D eigenvalue weighted by Gasteiger charge is 2.57. The van der Waals surface area contributed by atoms with E-state index in [-0.39, 0.29) is 0 Å². The number of nitrogens with one attached hydrogen (secondary N) is 3. The van der Waals surface area contributed by atoms with E-state index in [1.54, 1.807) is 0 Å². The van der Waals surface area contributed by atoms with Crippen molar-refractivity contribution in [2.24, 2.45) is 0 Å². The van der Waals surface area contributed by atoms with Crippen molar-refractivity contribution in [2.75, 3.05) is 46.2 Å². The summed E-state index contributed by atoms with van der Waals surface area (Å²) in [5.74, 6) is -2.44. The molecule has 5 fully saturated rings. The third kappa shape index (κ3) is 14.8. The molecule has 0 aromatic heterocycles. The number of amides is 3. The second kappa shape index (κ2) is 28.6. The van der Waals surface area contributed by atoms with Gasteiger partial charge >= 0.3 is 0 Å². The van der Waals surface area contributed by atoms with Gasteiger partial charge in [-0.1, -0.05) is 0 Å². The molecule has 21 N–H and O–H groups in total. The average Bonchev–Trinajstić information content (AvgIpc) is 3.38. The maximum absolute atomic E-state index is 12.6. The number of aliphatic hydroxyl groups excluding tert-OH is 18. The molecule has 29 atom stereocenters. The molecule has 34 heteroatoms. The molecule has 0 bridgehead atoms. The predicted molar refractivity (Wildman–Crippen MR) is 236 cm³/mol. The Morgan fingerprint density at radius 2 is 0.921 bits per heavy atom. The quantitative estimate of drug-likeness (QED) is 0.0452. The maximum atomic E-state index is 12.6. The molecular formula is C42H73N3O31. The topological polar surface area (TPSA) is 544 Å². The monoisotopic (exact) mass is 1120 g/mol. The van der Waals surface area contributed by atoms with Gasteiger partial charge in [0.2, 0.25) is 17.7 Å². The van der Waals surface area contributed by atoms with Crippen molar-refractivity contribution in [3.05, 3.63) is 0 Å². The van der Waals surface area contributed by atoms with E-state index in [9.17, 15) is 106 Å². The average molecular weight is 1120 g/mol. The zero-order chi connectivity index (χ0) is 56.6. The molecule has 5 aliphatic heterocycles. The fraction of sp³-hybridized carbons (Fsp3) is 0.929. The van der Waals surface area contributed by atoms with Gasteiger partial charge in [-0.3, -0.25) is 14.4 Å². The van der Waals surface area contributed by atoms with Gasteiger partial charge in [-0.15, -0.1) is 0 Å². The third-order valence-corrected chi connectivity index (χ3v) is 13.3. The largest absolute Gasteiger partial charge is 0.394 e.